The standard InChI is InChI=1S/C38H22S/c1-2-11-27-25(10-1)26-12-3-6-15-30(26)36-24(18-9-19-31(27)36)23-20-21-35-34(22-23)37-32-16-7-4-13-28(32)29-14-5-8-17-33(29)38(37)39-35/h1-22H. The first-order valence-electron chi connectivity index (χ1n) is 13.4. The van der Waals surface area contributed by atoms with Crippen LogP contribution in [0.15, 0.2) is 133 Å². The molecule has 0 amide bonds. The molecule has 0 aliphatic rings. The van der Waals surface area contributed by atoms with Gasteiger partial charge in [-0.05, 0) is 71.7 Å². The Morgan fingerprint density at radius 3 is 1.41 bits per heavy atom. The summed E-state index contributed by atoms with van der Waals surface area (Å²) < 4.78 is 2.72. The lowest BCUT2D eigenvalue weighted by Crippen LogP contribution is -1.87. The summed E-state index contributed by atoms with van der Waals surface area (Å²) >= 11 is 1.92. The molecule has 0 saturated heterocycles. The lowest BCUT2D eigenvalue weighted by Gasteiger charge is -2.14. The van der Waals surface area contributed by atoms with Crippen molar-refractivity contribution in [1.82, 2.24) is 0 Å². The van der Waals surface area contributed by atoms with Crippen molar-refractivity contribution in [3.05, 3.63) is 133 Å². The maximum absolute atomic E-state index is 2.44. The van der Waals surface area contributed by atoms with Crippen LogP contribution in [0, 0.1) is 0 Å². The largest absolute Gasteiger partial charge is 0.135 e. The molecule has 0 atom stereocenters. The fourth-order valence-electron chi connectivity index (χ4n) is 6.77. The van der Waals surface area contributed by atoms with E-state index in [1.165, 1.54) is 85.2 Å². The van der Waals surface area contributed by atoms with Crippen LogP contribution in [0.4, 0.5) is 0 Å². The summed E-state index contributed by atoms with van der Waals surface area (Å²) in [7, 11) is 0. The van der Waals surface area contributed by atoms with E-state index in [0.29, 0.717) is 0 Å². The second kappa shape index (κ2) is 7.89. The molecule has 0 fully saturated rings. The predicted octanol–water partition coefficient (Wildman–Crippen LogP) is 11.5. The van der Waals surface area contributed by atoms with Crippen LogP contribution >= 0.6 is 11.3 Å². The molecule has 0 spiro atoms. The van der Waals surface area contributed by atoms with E-state index in [9.17, 15) is 0 Å². The van der Waals surface area contributed by atoms with Crippen LogP contribution in [-0.2, 0) is 0 Å². The smallest absolute Gasteiger partial charge is 0.0440 e. The molecule has 0 unspecified atom stereocenters. The van der Waals surface area contributed by atoms with Crippen molar-refractivity contribution >= 4 is 85.4 Å². The maximum Gasteiger partial charge on any atom is 0.0440 e. The van der Waals surface area contributed by atoms with Crippen LogP contribution in [0.3, 0.4) is 0 Å². The number of rotatable bonds is 1. The highest BCUT2D eigenvalue weighted by Crippen LogP contribution is 2.46. The first-order valence-corrected chi connectivity index (χ1v) is 14.3. The molecule has 1 heteroatoms. The van der Waals surface area contributed by atoms with Crippen LogP contribution in [0.25, 0.3) is 85.2 Å². The van der Waals surface area contributed by atoms with Gasteiger partial charge in [0.1, 0.15) is 0 Å². The predicted molar refractivity (Wildman–Crippen MR) is 172 cm³/mol. The van der Waals surface area contributed by atoms with E-state index in [1.54, 1.807) is 0 Å². The zero-order valence-corrected chi connectivity index (χ0v) is 21.9. The molecule has 0 nitrogen and oxygen atoms in total. The molecule has 0 N–H and O–H groups in total. The van der Waals surface area contributed by atoms with E-state index in [0.717, 1.165) is 0 Å². The number of hydrogen-bond donors (Lipinski definition) is 0. The number of thiophene rings is 1. The molecule has 0 aliphatic heterocycles. The summed E-state index contributed by atoms with van der Waals surface area (Å²) in [6.07, 6.45) is 0. The molecule has 0 bridgehead atoms. The van der Waals surface area contributed by atoms with E-state index < -0.39 is 0 Å². The fraction of sp³-hybridized carbons (Fsp3) is 0. The average molecular weight is 511 g/mol. The second-order valence-electron chi connectivity index (χ2n) is 10.4. The van der Waals surface area contributed by atoms with Crippen molar-refractivity contribution in [2.24, 2.45) is 0 Å². The van der Waals surface area contributed by atoms with Crippen LogP contribution in [0.5, 0.6) is 0 Å². The van der Waals surface area contributed by atoms with E-state index in [2.05, 4.69) is 133 Å². The van der Waals surface area contributed by atoms with Gasteiger partial charge in [0.2, 0.25) is 0 Å². The second-order valence-corrected chi connectivity index (χ2v) is 11.5. The summed E-state index contributed by atoms with van der Waals surface area (Å²) in [6.45, 7) is 0. The van der Waals surface area contributed by atoms with Gasteiger partial charge < -0.3 is 0 Å². The molecule has 9 aromatic rings. The maximum atomic E-state index is 2.44. The van der Waals surface area contributed by atoms with E-state index in [4.69, 9.17) is 0 Å². The van der Waals surface area contributed by atoms with Gasteiger partial charge in [0.15, 0.2) is 0 Å². The topological polar surface area (TPSA) is 0 Å². The Hall–Kier alpha value is -4.72. The molecule has 180 valence electrons. The zero-order valence-electron chi connectivity index (χ0n) is 21.1. The van der Waals surface area contributed by atoms with Crippen LogP contribution in [-0.4, -0.2) is 0 Å². The van der Waals surface area contributed by atoms with Gasteiger partial charge in [-0.2, -0.15) is 0 Å². The molecule has 1 aromatic heterocycles. The van der Waals surface area contributed by atoms with Gasteiger partial charge in [-0.3, -0.25) is 0 Å². The molecule has 0 saturated carbocycles. The molecule has 0 radical (unpaired) electrons. The van der Waals surface area contributed by atoms with Crippen molar-refractivity contribution in [1.29, 1.82) is 0 Å². The Morgan fingerprint density at radius 1 is 0.333 bits per heavy atom. The minimum Gasteiger partial charge on any atom is -0.135 e. The van der Waals surface area contributed by atoms with E-state index >= 15 is 0 Å². The molecular weight excluding hydrogens is 488 g/mol. The van der Waals surface area contributed by atoms with E-state index in [1.807, 2.05) is 11.3 Å². The fourth-order valence-corrected chi connectivity index (χ4v) is 8.01. The third kappa shape index (κ3) is 2.88. The van der Waals surface area contributed by atoms with Crippen molar-refractivity contribution < 1.29 is 0 Å². The molecule has 1 heterocycles. The van der Waals surface area contributed by atoms with Gasteiger partial charge in [0.05, 0.1) is 0 Å². The SMILES string of the molecule is c1ccc2c(c1)c1ccccc1c1c(-c3ccc4sc5c6ccccc6c6ccccc6c5c4c3)cccc21. The Labute approximate surface area is 229 Å². The van der Waals surface area contributed by atoms with Crippen molar-refractivity contribution in [2.75, 3.05) is 0 Å². The zero-order chi connectivity index (χ0) is 25.5. The van der Waals surface area contributed by atoms with Gasteiger partial charge in [-0.1, -0.05) is 121 Å². The van der Waals surface area contributed by atoms with Crippen LogP contribution in [0.2, 0.25) is 0 Å². The minimum absolute atomic E-state index is 1.27. The van der Waals surface area contributed by atoms with Crippen molar-refractivity contribution in [3.63, 3.8) is 0 Å². The van der Waals surface area contributed by atoms with Gasteiger partial charge in [-0.15, -0.1) is 11.3 Å². The average Bonchev–Trinajstić information content (AvgIpc) is 3.40. The van der Waals surface area contributed by atoms with Crippen LogP contribution < -0.4 is 0 Å². The normalized spacial score (nSPS) is 12.1. The Balaban J connectivity index is 1.44. The summed E-state index contributed by atoms with van der Waals surface area (Å²) in [5.41, 5.74) is 2.56. The molecule has 39 heavy (non-hydrogen) atoms. The summed E-state index contributed by atoms with van der Waals surface area (Å²) in [5.74, 6) is 0. The van der Waals surface area contributed by atoms with Gasteiger partial charge >= 0.3 is 0 Å². The first kappa shape index (κ1) is 21.2. The van der Waals surface area contributed by atoms with Crippen molar-refractivity contribution in [3.8, 4) is 11.1 Å². The highest BCUT2D eigenvalue weighted by Gasteiger charge is 2.16. The van der Waals surface area contributed by atoms with E-state index in [-0.39, 0.29) is 0 Å². The van der Waals surface area contributed by atoms with Crippen molar-refractivity contribution in [2.45, 2.75) is 0 Å². The Morgan fingerprint density at radius 2 is 0.795 bits per heavy atom. The molecular formula is C38H22S. The highest BCUT2D eigenvalue weighted by molar-refractivity contribution is 7.27. The summed E-state index contributed by atoms with van der Waals surface area (Å²) in [6, 6.07) is 49.3. The Bertz CT molecular complexity index is 2400. The quantitative estimate of drug-likeness (QED) is 0.193. The lowest BCUT2D eigenvalue weighted by atomic mass is 9.89. The summed E-state index contributed by atoms with van der Waals surface area (Å²) in [4.78, 5) is 0. The van der Waals surface area contributed by atoms with Crippen LogP contribution in [0.1, 0.15) is 0 Å². The number of hydrogen-bond acceptors (Lipinski definition) is 1. The summed E-state index contributed by atoms with van der Waals surface area (Å²) in [5, 5.41) is 16.0. The van der Waals surface area contributed by atoms with Gasteiger partial charge in [0, 0.05) is 25.6 Å². The third-order valence-corrected chi connectivity index (χ3v) is 9.63. The Kier molecular flexibility index (Phi) is 4.30. The van der Waals surface area contributed by atoms with Gasteiger partial charge in [0.25, 0.3) is 0 Å². The molecule has 8 aromatic carbocycles. The number of benzene rings is 8. The first-order chi connectivity index (χ1) is 19.4. The number of fused-ring (bicyclic) bond motifs is 14. The minimum atomic E-state index is 1.27. The molecule has 9 rings (SSSR count). The lowest BCUT2D eigenvalue weighted by molar-refractivity contribution is 1.72. The van der Waals surface area contributed by atoms with Gasteiger partial charge in [-0.25, -0.2) is 0 Å². The molecule has 0 aliphatic carbocycles. The third-order valence-electron chi connectivity index (χ3n) is 8.43. The monoisotopic (exact) mass is 510 g/mol. The highest BCUT2D eigenvalue weighted by atomic mass is 32.1.